The summed E-state index contributed by atoms with van der Waals surface area (Å²) in [4.78, 5) is 14.3. The lowest BCUT2D eigenvalue weighted by Gasteiger charge is -2.30. The molecule has 0 radical (unpaired) electrons. The third-order valence-corrected chi connectivity index (χ3v) is 4.63. The van der Waals surface area contributed by atoms with Gasteiger partial charge in [0.25, 0.3) is 0 Å². The van der Waals surface area contributed by atoms with E-state index in [2.05, 4.69) is 10.2 Å². The average Bonchev–Trinajstić information content (AvgIpc) is 2.61. The summed E-state index contributed by atoms with van der Waals surface area (Å²) in [6.07, 6.45) is 8.24. The third-order valence-electron chi connectivity index (χ3n) is 4.63. The molecule has 0 spiro atoms. The molecule has 1 saturated carbocycles. The van der Waals surface area contributed by atoms with E-state index in [0.29, 0.717) is 6.04 Å². The third kappa shape index (κ3) is 2.86. The molecule has 2 atom stereocenters. The number of amides is 1. The number of rotatable bonds is 4. The Bertz CT molecular complexity index is 287. The number of primary amides is 1. The Labute approximate surface area is 110 Å². The highest BCUT2D eigenvalue weighted by atomic mass is 16.1. The molecule has 2 unspecified atom stereocenters. The molecule has 2 rings (SSSR count). The summed E-state index contributed by atoms with van der Waals surface area (Å²) in [6.45, 7) is 5.26. The van der Waals surface area contributed by atoms with Crippen LogP contribution in [0.25, 0.3) is 0 Å². The van der Waals surface area contributed by atoms with Crippen LogP contribution in [0.3, 0.4) is 0 Å². The largest absolute Gasteiger partial charge is 0.368 e. The molecular weight excluding hydrogens is 226 g/mol. The van der Waals surface area contributed by atoms with E-state index in [-0.39, 0.29) is 5.91 Å². The summed E-state index contributed by atoms with van der Waals surface area (Å²) in [7, 11) is 0. The Morgan fingerprint density at radius 1 is 1.33 bits per heavy atom. The molecule has 0 aromatic heterocycles. The van der Waals surface area contributed by atoms with Crippen LogP contribution in [0.4, 0.5) is 0 Å². The fraction of sp³-hybridized carbons (Fsp3) is 0.929. The van der Waals surface area contributed by atoms with Crippen molar-refractivity contribution in [1.82, 2.24) is 10.2 Å². The molecule has 0 aromatic carbocycles. The SMILES string of the molecule is CCNC1(C(N)=O)CCC(N2CCCCCC2)C1. The van der Waals surface area contributed by atoms with Gasteiger partial charge in [-0.2, -0.15) is 0 Å². The molecule has 3 N–H and O–H groups in total. The molecule has 1 aliphatic carbocycles. The maximum Gasteiger partial charge on any atom is 0.237 e. The van der Waals surface area contributed by atoms with Crippen LogP contribution in [-0.4, -0.2) is 42.0 Å². The first-order chi connectivity index (χ1) is 8.68. The van der Waals surface area contributed by atoms with Crippen LogP contribution in [0, 0.1) is 0 Å². The fourth-order valence-electron chi connectivity index (χ4n) is 3.60. The monoisotopic (exact) mass is 253 g/mol. The molecule has 1 aliphatic heterocycles. The number of carbonyl (C=O) groups excluding carboxylic acids is 1. The predicted molar refractivity (Wildman–Crippen MR) is 73.3 cm³/mol. The van der Waals surface area contributed by atoms with Gasteiger partial charge in [0.05, 0.1) is 5.54 Å². The number of carbonyl (C=O) groups is 1. The van der Waals surface area contributed by atoms with Gasteiger partial charge < -0.3 is 16.0 Å². The van der Waals surface area contributed by atoms with Gasteiger partial charge in [-0.15, -0.1) is 0 Å². The zero-order chi connectivity index (χ0) is 13.0. The summed E-state index contributed by atoms with van der Waals surface area (Å²) in [5.74, 6) is -0.165. The van der Waals surface area contributed by atoms with Crippen LogP contribution < -0.4 is 11.1 Å². The number of likely N-dealkylation sites (N-methyl/N-ethyl adjacent to an activating group) is 1. The van der Waals surface area contributed by atoms with Gasteiger partial charge in [0.15, 0.2) is 0 Å². The van der Waals surface area contributed by atoms with E-state index in [1.54, 1.807) is 0 Å². The van der Waals surface area contributed by atoms with Crippen molar-refractivity contribution in [2.24, 2.45) is 5.73 Å². The van der Waals surface area contributed by atoms with Crippen molar-refractivity contribution in [2.45, 2.75) is 63.5 Å². The van der Waals surface area contributed by atoms with Gasteiger partial charge in [0.1, 0.15) is 0 Å². The molecule has 4 heteroatoms. The Morgan fingerprint density at radius 2 is 2.00 bits per heavy atom. The minimum absolute atomic E-state index is 0.165. The molecule has 18 heavy (non-hydrogen) atoms. The van der Waals surface area contributed by atoms with Crippen LogP contribution in [0.1, 0.15) is 51.9 Å². The minimum atomic E-state index is -0.439. The van der Waals surface area contributed by atoms with E-state index in [1.807, 2.05) is 6.92 Å². The summed E-state index contributed by atoms with van der Waals surface area (Å²) in [5, 5.41) is 3.34. The summed E-state index contributed by atoms with van der Waals surface area (Å²) >= 11 is 0. The highest BCUT2D eigenvalue weighted by Gasteiger charge is 2.44. The second kappa shape index (κ2) is 6.02. The molecule has 1 amide bonds. The quantitative estimate of drug-likeness (QED) is 0.793. The number of hydrogen-bond donors (Lipinski definition) is 2. The van der Waals surface area contributed by atoms with Crippen molar-refractivity contribution in [3.63, 3.8) is 0 Å². The van der Waals surface area contributed by atoms with E-state index < -0.39 is 5.54 Å². The van der Waals surface area contributed by atoms with Gasteiger partial charge in [-0.05, 0) is 51.7 Å². The van der Waals surface area contributed by atoms with E-state index in [4.69, 9.17) is 5.73 Å². The summed E-state index contributed by atoms with van der Waals surface area (Å²) in [6, 6.07) is 0.551. The van der Waals surface area contributed by atoms with E-state index in [1.165, 1.54) is 38.8 Å². The average molecular weight is 253 g/mol. The Kier molecular flexibility index (Phi) is 4.62. The van der Waals surface area contributed by atoms with Crippen molar-refractivity contribution in [3.05, 3.63) is 0 Å². The van der Waals surface area contributed by atoms with Crippen molar-refractivity contribution in [1.29, 1.82) is 0 Å². The highest BCUT2D eigenvalue weighted by Crippen LogP contribution is 2.34. The predicted octanol–water partition coefficient (Wildman–Crippen LogP) is 1.25. The maximum absolute atomic E-state index is 11.8. The standard InChI is InChI=1S/C14H27N3O/c1-2-16-14(13(15)18)8-7-12(11-14)17-9-5-3-4-6-10-17/h12,16H,2-11H2,1H3,(H2,15,18). The van der Waals surface area contributed by atoms with Crippen molar-refractivity contribution < 1.29 is 4.79 Å². The first-order valence-electron chi connectivity index (χ1n) is 7.47. The minimum Gasteiger partial charge on any atom is -0.368 e. The van der Waals surface area contributed by atoms with Gasteiger partial charge in [0, 0.05) is 6.04 Å². The lowest BCUT2D eigenvalue weighted by molar-refractivity contribution is -0.124. The van der Waals surface area contributed by atoms with Gasteiger partial charge in [-0.3, -0.25) is 4.79 Å². The Morgan fingerprint density at radius 3 is 2.56 bits per heavy atom. The normalized spacial score (nSPS) is 34.4. The topological polar surface area (TPSA) is 58.4 Å². The van der Waals surface area contributed by atoms with Crippen LogP contribution in [0.5, 0.6) is 0 Å². The van der Waals surface area contributed by atoms with Crippen LogP contribution in [-0.2, 0) is 4.79 Å². The van der Waals surface area contributed by atoms with Gasteiger partial charge >= 0.3 is 0 Å². The zero-order valence-corrected chi connectivity index (χ0v) is 11.6. The van der Waals surface area contributed by atoms with Crippen molar-refractivity contribution >= 4 is 5.91 Å². The number of likely N-dealkylation sites (tertiary alicyclic amines) is 1. The molecule has 0 bridgehead atoms. The van der Waals surface area contributed by atoms with Crippen LogP contribution >= 0.6 is 0 Å². The number of nitrogens with two attached hydrogens (primary N) is 1. The van der Waals surface area contributed by atoms with Gasteiger partial charge in [0.2, 0.25) is 5.91 Å². The molecular formula is C14H27N3O. The van der Waals surface area contributed by atoms with Crippen molar-refractivity contribution in [3.8, 4) is 0 Å². The second-order valence-electron chi connectivity index (χ2n) is 5.82. The fourth-order valence-corrected chi connectivity index (χ4v) is 3.60. The Balaban J connectivity index is 1.98. The second-order valence-corrected chi connectivity index (χ2v) is 5.82. The number of hydrogen-bond acceptors (Lipinski definition) is 3. The van der Waals surface area contributed by atoms with Crippen LogP contribution in [0.15, 0.2) is 0 Å². The molecule has 104 valence electrons. The molecule has 1 heterocycles. The smallest absolute Gasteiger partial charge is 0.237 e. The summed E-state index contributed by atoms with van der Waals surface area (Å²) < 4.78 is 0. The molecule has 2 aliphatic rings. The number of nitrogens with one attached hydrogen (secondary N) is 1. The Hall–Kier alpha value is -0.610. The molecule has 0 aromatic rings. The van der Waals surface area contributed by atoms with Crippen molar-refractivity contribution in [2.75, 3.05) is 19.6 Å². The van der Waals surface area contributed by atoms with Crippen LogP contribution in [0.2, 0.25) is 0 Å². The maximum atomic E-state index is 11.8. The first kappa shape index (κ1) is 13.8. The first-order valence-corrected chi connectivity index (χ1v) is 7.47. The lowest BCUT2D eigenvalue weighted by Crippen LogP contribution is -2.54. The zero-order valence-electron chi connectivity index (χ0n) is 11.6. The number of nitrogens with zero attached hydrogens (tertiary/aromatic N) is 1. The molecule has 4 nitrogen and oxygen atoms in total. The molecule has 2 fully saturated rings. The summed E-state index contributed by atoms with van der Waals surface area (Å²) in [5.41, 5.74) is 5.18. The highest BCUT2D eigenvalue weighted by molar-refractivity contribution is 5.85. The van der Waals surface area contributed by atoms with E-state index in [9.17, 15) is 4.79 Å². The van der Waals surface area contributed by atoms with E-state index in [0.717, 1.165) is 25.8 Å². The van der Waals surface area contributed by atoms with Gasteiger partial charge in [-0.25, -0.2) is 0 Å². The lowest BCUT2D eigenvalue weighted by atomic mass is 9.96. The van der Waals surface area contributed by atoms with E-state index >= 15 is 0 Å². The molecule has 1 saturated heterocycles. The van der Waals surface area contributed by atoms with Gasteiger partial charge in [-0.1, -0.05) is 19.8 Å².